The minimum Gasteiger partial charge on any atom is -0.408 e. The van der Waals surface area contributed by atoms with Gasteiger partial charge in [0.1, 0.15) is 4.90 Å². The first-order chi connectivity index (χ1) is 12.4. The minimum absolute atomic E-state index is 0.0195. The van der Waals surface area contributed by atoms with Crippen molar-refractivity contribution < 1.29 is 12.8 Å². The highest BCUT2D eigenvalue weighted by atomic mass is 35.5. The van der Waals surface area contributed by atoms with Crippen molar-refractivity contribution in [2.24, 2.45) is 0 Å². The van der Waals surface area contributed by atoms with Gasteiger partial charge in [-0.1, -0.05) is 29.8 Å². The third-order valence-corrected chi connectivity index (χ3v) is 6.29. The Morgan fingerprint density at radius 3 is 2.81 bits per heavy atom. The molecule has 4 aromatic rings. The summed E-state index contributed by atoms with van der Waals surface area (Å²) in [6.07, 6.45) is 0. The van der Waals surface area contributed by atoms with E-state index < -0.39 is 15.8 Å². The molecule has 0 saturated carbocycles. The van der Waals surface area contributed by atoms with E-state index in [-0.39, 0.29) is 15.0 Å². The fourth-order valence-electron chi connectivity index (χ4n) is 2.39. The molecule has 4 rings (SSSR count). The lowest BCUT2D eigenvalue weighted by Crippen LogP contribution is -2.13. The third kappa shape index (κ3) is 3.12. The zero-order chi connectivity index (χ0) is 18.3. The van der Waals surface area contributed by atoms with Crippen molar-refractivity contribution in [3.05, 3.63) is 63.4 Å². The first kappa shape index (κ1) is 16.8. The molecule has 26 heavy (non-hydrogen) atoms. The second-order valence-corrected chi connectivity index (χ2v) is 8.22. The predicted molar refractivity (Wildman–Crippen MR) is 100 cm³/mol. The van der Waals surface area contributed by atoms with E-state index in [1.807, 2.05) is 0 Å². The maximum atomic E-state index is 12.5. The number of hydrogen-bond acceptors (Lipinski definition) is 6. The molecule has 10 heteroatoms. The molecule has 0 bridgehead atoms. The number of benzene rings is 2. The number of sulfonamides is 1. The zero-order valence-corrected chi connectivity index (χ0v) is 15.3. The SMILES string of the molecule is O=c1[nH]c2ccc(-c3csc(NS(=O)(=O)c4ccccc4Cl)n3)cc2o1. The highest BCUT2D eigenvalue weighted by Crippen LogP contribution is 2.29. The normalized spacial score (nSPS) is 11.7. The number of oxazole rings is 1. The zero-order valence-electron chi connectivity index (χ0n) is 12.9. The minimum atomic E-state index is -3.84. The summed E-state index contributed by atoms with van der Waals surface area (Å²) in [4.78, 5) is 18.1. The summed E-state index contributed by atoms with van der Waals surface area (Å²) in [7, 11) is -3.84. The van der Waals surface area contributed by atoms with Crippen LogP contribution in [0.2, 0.25) is 5.02 Å². The number of hydrogen-bond donors (Lipinski definition) is 2. The van der Waals surface area contributed by atoms with Crippen LogP contribution in [0, 0.1) is 0 Å². The fourth-order valence-corrected chi connectivity index (χ4v) is 4.88. The van der Waals surface area contributed by atoms with E-state index in [0.717, 1.165) is 11.3 Å². The van der Waals surface area contributed by atoms with E-state index >= 15 is 0 Å². The molecule has 2 aromatic carbocycles. The molecule has 0 atom stereocenters. The predicted octanol–water partition coefficient (Wildman–Crippen LogP) is 3.70. The average Bonchev–Trinajstić information content (AvgIpc) is 3.19. The van der Waals surface area contributed by atoms with Gasteiger partial charge >= 0.3 is 5.76 Å². The molecule has 0 aliphatic carbocycles. The van der Waals surface area contributed by atoms with Crippen LogP contribution in [0.1, 0.15) is 0 Å². The van der Waals surface area contributed by atoms with Gasteiger partial charge in [0.2, 0.25) is 0 Å². The lowest BCUT2D eigenvalue weighted by atomic mass is 10.1. The average molecular weight is 408 g/mol. The molecule has 2 N–H and O–H groups in total. The number of anilines is 1. The molecule has 0 unspecified atom stereocenters. The van der Waals surface area contributed by atoms with Crippen molar-refractivity contribution in [3.8, 4) is 11.3 Å². The van der Waals surface area contributed by atoms with Gasteiger partial charge in [0.05, 0.1) is 16.2 Å². The Balaban J connectivity index is 1.65. The molecule has 0 saturated heterocycles. The molecule has 0 spiro atoms. The molecule has 0 amide bonds. The molecule has 132 valence electrons. The van der Waals surface area contributed by atoms with Crippen LogP contribution in [-0.2, 0) is 10.0 Å². The van der Waals surface area contributed by atoms with Crippen LogP contribution < -0.4 is 10.5 Å². The van der Waals surface area contributed by atoms with Crippen molar-refractivity contribution in [2.45, 2.75) is 4.90 Å². The van der Waals surface area contributed by atoms with Crippen LogP contribution in [0.3, 0.4) is 0 Å². The summed E-state index contributed by atoms with van der Waals surface area (Å²) < 4.78 is 32.4. The van der Waals surface area contributed by atoms with E-state index in [1.165, 1.54) is 12.1 Å². The fraction of sp³-hybridized carbons (Fsp3) is 0. The van der Waals surface area contributed by atoms with Gasteiger partial charge in [-0.3, -0.25) is 9.71 Å². The molecular weight excluding hydrogens is 398 g/mol. The smallest absolute Gasteiger partial charge is 0.408 e. The van der Waals surface area contributed by atoms with Crippen molar-refractivity contribution >= 4 is 49.2 Å². The van der Waals surface area contributed by atoms with Gasteiger partial charge in [-0.05, 0) is 24.3 Å². The first-order valence-electron chi connectivity index (χ1n) is 7.28. The summed E-state index contributed by atoms with van der Waals surface area (Å²) >= 11 is 7.10. The standard InChI is InChI=1S/C16H10ClN3O4S2/c17-10-3-1-2-4-14(10)26(22,23)20-15-18-12(8-25-15)9-5-6-11-13(7-9)24-16(21)19-11/h1-8H,(H,18,20)(H,19,21). The van der Waals surface area contributed by atoms with E-state index in [0.29, 0.717) is 22.4 Å². The summed E-state index contributed by atoms with van der Waals surface area (Å²) in [6.45, 7) is 0. The molecule has 0 aliphatic heterocycles. The summed E-state index contributed by atoms with van der Waals surface area (Å²) in [5.74, 6) is -0.538. The maximum absolute atomic E-state index is 12.5. The van der Waals surface area contributed by atoms with Crippen LogP contribution in [0.4, 0.5) is 5.13 Å². The number of nitrogens with one attached hydrogen (secondary N) is 2. The number of aromatic amines is 1. The van der Waals surface area contributed by atoms with Crippen LogP contribution >= 0.6 is 22.9 Å². The lowest BCUT2D eigenvalue weighted by Gasteiger charge is -2.06. The molecular formula is C16H10ClN3O4S2. The van der Waals surface area contributed by atoms with Crippen LogP contribution in [0.5, 0.6) is 0 Å². The Morgan fingerprint density at radius 2 is 2.00 bits per heavy atom. The number of nitrogens with zero attached hydrogens (tertiary/aromatic N) is 1. The molecule has 7 nitrogen and oxygen atoms in total. The van der Waals surface area contributed by atoms with Crippen molar-refractivity contribution in [1.82, 2.24) is 9.97 Å². The number of H-pyrrole nitrogens is 1. The van der Waals surface area contributed by atoms with Crippen molar-refractivity contribution in [2.75, 3.05) is 4.72 Å². The maximum Gasteiger partial charge on any atom is 0.417 e. The first-order valence-corrected chi connectivity index (χ1v) is 10.0. The monoisotopic (exact) mass is 407 g/mol. The Kier molecular flexibility index (Phi) is 4.06. The van der Waals surface area contributed by atoms with Gasteiger partial charge in [0.15, 0.2) is 10.7 Å². The largest absolute Gasteiger partial charge is 0.417 e. The van der Waals surface area contributed by atoms with Crippen LogP contribution in [-0.4, -0.2) is 18.4 Å². The third-order valence-electron chi connectivity index (χ3n) is 3.57. The molecule has 0 radical (unpaired) electrons. The van der Waals surface area contributed by atoms with Gasteiger partial charge in [0, 0.05) is 10.9 Å². The Hall–Kier alpha value is -2.62. The summed E-state index contributed by atoms with van der Waals surface area (Å²) in [5.41, 5.74) is 2.23. The molecule has 0 aliphatic rings. The van der Waals surface area contributed by atoms with Gasteiger partial charge < -0.3 is 4.42 Å². The van der Waals surface area contributed by atoms with Crippen LogP contribution in [0.15, 0.2) is 62.0 Å². The second-order valence-electron chi connectivity index (χ2n) is 5.30. The quantitative estimate of drug-likeness (QED) is 0.536. The number of fused-ring (bicyclic) bond motifs is 1. The number of aromatic nitrogens is 2. The van der Waals surface area contributed by atoms with Crippen molar-refractivity contribution in [1.29, 1.82) is 0 Å². The van der Waals surface area contributed by atoms with Gasteiger partial charge in [-0.25, -0.2) is 18.2 Å². The van der Waals surface area contributed by atoms with Gasteiger partial charge in [0.25, 0.3) is 10.0 Å². The number of thiazole rings is 1. The Bertz CT molecular complexity index is 1270. The highest BCUT2D eigenvalue weighted by molar-refractivity contribution is 7.93. The number of rotatable bonds is 4. The van der Waals surface area contributed by atoms with Crippen molar-refractivity contribution in [3.63, 3.8) is 0 Å². The van der Waals surface area contributed by atoms with Gasteiger partial charge in [-0.2, -0.15) is 0 Å². The van der Waals surface area contributed by atoms with Crippen LogP contribution in [0.25, 0.3) is 22.4 Å². The molecule has 0 fully saturated rings. The molecule has 2 aromatic heterocycles. The summed E-state index contributed by atoms with van der Waals surface area (Å²) in [6, 6.07) is 11.3. The van der Waals surface area contributed by atoms with E-state index in [9.17, 15) is 13.2 Å². The number of halogens is 1. The topological polar surface area (TPSA) is 105 Å². The van der Waals surface area contributed by atoms with Gasteiger partial charge in [-0.15, -0.1) is 11.3 Å². The Labute approximate surface area is 156 Å². The van der Waals surface area contributed by atoms with E-state index in [2.05, 4.69) is 14.7 Å². The van der Waals surface area contributed by atoms with E-state index in [1.54, 1.807) is 35.7 Å². The summed E-state index contributed by atoms with van der Waals surface area (Å²) in [5, 5.41) is 2.04. The lowest BCUT2D eigenvalue weighted by molar-refractivity contribution is 0.555. The highest BCUT2D eigenvalue weighted by Gasteiger charge is 2.19. The Morgan fingerprint density at radius 1 is 1.19 bits per heavy atom. The molecule has 2 heterocycles. The van der Waals surface area contributed by atoms with E-state index in [4.69, 9.17) is 16.0 Å². The second kappa shape index (κ2) is 6.27.